The highest BCUT2D eigenvalue weighted by Crippen LogP contribution is 2.29. The summed E-state index contributed by atoms with van der Waals surface area (Å²) in [5, 5.41) is 7.84. The third kappa shape index (κ3) is 4.04. The number of carbonyl (C=O) groups is 1. The van der Waals surface area contributed by atoms with Gasteiger partial charge in [-0.05, 0) is 43.7 Å². The van der Waals surface area contributed by atoms with Gasteiger partial charge in [0.25, 0.3) is 5.56 Å². The van der Waals surface area contributed by atoms with E-state index in [2.05, 4.69) is 37.3 Å². The fourth-order valence-electron chi connectivity index (χ4n) is 4.59. The fourth-order valence-corrected chi connectivity index (χ4v) is 5.62. The number of thiophene rings is 1. The number of aryl methyl sites for hydroxylation is 3. The van der Waals surface area contributed by atoms with Gasteiger partial charge in [-0.1, -0.05) is 33.6 Å². The Balaban J connectivity index is 1.48. The number of rotatable bonds is 7. The van der Waals surface area contributed by atoms with Crippen LogP contribution in [0.15, 0.2) is 16.9 Å². The van der Waals surface area contributed by atoms with Gasteiger partial charge in [0.15, 0.2) is 0 Å². The molecule has 0 spiro atoms. The van der Waals surface area contributed by atoms with Gasteiger partial charge >= 0.3 is 0 Å². The molecule has 2 unspecified atom stereocenters. The van der Waals surface area contributed by atoms with Crippen molar-refractivity contribution < 1.29 is 4.79 Å². The molecule has 4 rings (SSSR count). The van der Waals surface area contributed by atoms with Crippen molar-refractivity contribution >= 4 is 33.0 Å². The molecule has 1 saturated carbocycles. The summed E-state index contributed by atoms with van der Waals surface area (Å²) < 4.78 is 4.70. The van der Waals surface area contributed by atoms with Crippen molar-refractivity contribution in [2.75, 3.05) is 0 Å². The monoisotopic (exact) mass is 428 g/mol. The van der Waals surface area contributed by atoms with E-state index in [0.717, 1.165) is 35.3 Å². The zero-order valence-electron chi connectivity index (χ0n) is 18.2. The quantitative estimate of drug-likeness (QED) is 0.610. The first-order valence-corrected chi connectivity index (χ1v) is 12.2. The highest BCUT2D eigenvalue weighted by atomic mass is 32.1. The Bertz CT molecular complexity index is 1110. The lowest BCUT2D eigenvalue weighted by atomic mass is 9.86. The molecule has 1 N–H and O–H groups in total. The molecule has 1 aliphatic rings. The smallest absolute Gasteiger partial charge is 0.291 e. The van der Waals surface area contributed by atoms with E-state index in [1.165, 1.54) is 24.1 Å². The van der Waals surface area contributed by atoms with Gasteiger partial charge in [0.05, 0.1) is 10.2 Å². The van der Waals surface area contributed by atoms with Crippen molar-refractivity contribution in [2.45, 2.75) is 84.7 Å². The molecule has 6 nitrogen and oxygen atoms in total. The van der Waals surface area contributed by atoms with Crippen molar-refractivity contribution in [1.82, 2.24) is 19.5 Å². The van der Waals surface area contributed by atoms with Crippen molar-refractivity contribution in [2.24, 2.45) is 5.92 Å². The molecule has 30 heavy (non-hydrogen) atoms. The maximum atomic E-state index is 13.0. The second-order valence-electron chi connectivity index (χ2n) is 8.52. The first-order valence-electron chi connectivity index (χ1n) is 11.3. The molecule has 2 atom stereocenters. The first kappa shape index (κ1) is 21.1. The van der Waals surface area contributed by atoms with Gasteiger partial charge < -0.3 is 5.32 Å². The summed E-state index contributed by atoms with van der Waals surface area (Å²) in [6, 6.07) is 4.47. The van der Waals surface area contributed by atoms with Crippen LogP contribution in [-0.2, 0) is 24.2 Å². The van der Waals surface area contributed by atoms with Crippen molar-refractivity contribution in [3.63, 3.8) is 0 Å². The van der Waals surface area contributed by atoms with E-state index < -0.39 is 0 Å². The molecule has 1 aliphatic carbocycles. The normalized spacial score (nSPS) is 19.6. The van der Waals surface area contributed by atoms with Crippen LogP contribution in [0.25, 0.3) is 15.7 Å². The molecule has 0 radical (unpaired) electrons. The minimum Gasteiger partial charge on any atom is -0.353 e. The van der Waals surface area contributed by atoms with E-state index in [1.54, 1.807) is 16.0 Å². The van der Waals surface area contributed by atoms with Gasteiger partial charge in [0.1, 0.15) is 11.3 Å². The van der Waals surface area contributed by atoms with Crippen molar-refractivity contribution in [1.29, 1.82) is 0 Å². The number of hydrogen-bond donors (Lipinski definition) is 1. The van der Waals surface area contributed by atoms with Crippen LogP contribution in [0.2, 0.25) is 0 Å². The maximum absolute atomic E-state index is 13.0. The maximum Gasteiger partial charge on any atom is 0.291 e. The molecular weight excluding hydrogens is 396 g/mol. The summed E-state index contributed by atoms with van der Waals surface area (Å²) in [5.41, 5.74) is 1.70. The average molecular weight is 429 g/mol. The van der Waals surface area contributed by atoms with E-state index in [4.69, 9.17) is 0 Å². The van der Waals surface area contributed by atoms with E-state index in [9.17, 15) is 9.59 Å². The second-order valence-corrected chi connectivity index (χ2v) is 9.69. The molecule has 0 saturated heterocycles. The predicted molar refractivity (Wildman–Crippen MR) is 122 cm³/mol. The average Bonchev–Trinajstić information content (AvgIpc) is 3.29. The van der Waals surface area contributed by atoms with E-state index in [-0.39, 0.29) is 11.5 Å². The van der Waals surface area contributed by atoms with Gasteiger partial charge in [-0.2, -0.15) is 5.10 Å². The number of nitrogens with one attached hydrogen (secondary N) is 1. The zero-order valence-corrected chi connectivity index (χ0v) is 19.1. The number of carbonyl (C=O) groups excluding carboxylic acids is 1. The van der Waals surface area contributed by atoms with Crippen LogP contribution in [0.1, 0.15) is 70.0 Å². The molecular formula is C23H32N4O2S. The van der Waals surface area contributed by atoms with Gasteiger partial charge in [-0.25, -0.2) is 4.68 Å². The van der Waals surface area contributed by atoms with E-state index in [1.807, 2.05) is 10.5 Å². The van der Waals surface area contributed by atoms with Crippen LogP contribution < -0.4 is 10.9 Å². The Morgan fingerprint density at radius 3 is 2.73 bits per heavy atom. The minimum atomic E-state index is -0.0741. The van der Waals surface area contributed by atoms with Crippen LogP contribution in [0, 0.1) is 5.92 Å². The number of amides is 1. The molecule has 3 aromatic rings. The van der Waals surface area contributed by atoms with E-state index in [0.29, 0.717) is 36.9 Å². The summed E-state index contributed by atoms with van der Waals surface area (Å²) >= 11 is 1.75. The van der Waals surface area contributed by atoms with Gasteiger partial charge in [0.2, 0.25) is 5.91 Å². The third-order valence-corrected chi connectivity index (χ3v) is 7.60. The van der Waals surface area contributed by atoms with E-state index >= 15 is 0 Å². The van der Waals surface area contributed by atoms with Crippen LogP contribution in [-0.4, -0.2) is 26.1 Å². The Labute approximate surface area is 181 Å². The summed E-state index contributed by atoms with van der Waals surface area (Å²) in [4.78, 5) is 26.7. The molecule has 3 aromatic heterocycles. The molecule has 162 valence electrons. The van der Waals surface area contributed by atoms with Crippen LogP contribution >= 0.6 is 11.3 Å². The fraction of sp³-hybridized carbons (Fsp3) is 0.609. The van der Waals surface area contributed by atoms with Crippen molar-refractivity contribution in [3.8, 4) is 0 Å². The number of fused-ring (bicyclic) bond motifs is 3. The number of nitrogens with zero attached hydrogens (tertiary/aromatic N) is 3. The summed E-state index contributed by atoms with van der Waals surface area (Å²) in [7, 11) is 0. The zero-order chi connectivity index (χ0) is 21.3. The lowest BCUT2D eigenvalue weighted by molar-refractivity contribution is -0.122. The molecule has 0 bridgehead atoms. The summed E-state index contributed by atoms with van der Waals surface area (Å²) in [6.45, 7) is 6.90. The van der Waals surface area contributed by atoms with Gasteiger partial charge in [-0.3, -0.25) is 14.0 Å². The Hall–Kier alpha value is -2.15. The molecule has 0 aromatic carbocycles. The third-order valence-electron chi connectivity index (χ3n) is 6.38. The lowest BCUT2D eigenvalue weighted by Crippen LogP contribution is -2.41. The van der Waals surface area contributed by atoms with Crippen LogP contribution in [0.3, 0.4) is 0 Å². The highest BCUT2D eigenvalue weighted by Gasteiger charge is 2.22. The largest absolute Gasteiger partial charge is 0.353 e. The standard InChI is InChI=1S/C23H32N4O2S/c1-4-16-13-18-20(30-16)14-19-23(29)26(25-21(5-2)27(18)19)12-8-11-22(28)24-17-10-7-6-9-15(17)3/h13-15,17H,4-12H2,1-3H3,(H,24,28). The van der Waals surface area contributed by atoms with Crippen molar-refractivity contribution in [3.05, 3.63) is 33.2 Å². The minimum absolute atomic E-state index is 0.0741. The topological polar surface area (TPSA) is 68.4 Å². The number of hydrogen-bond acceptors (Lipinski definition) is 4. The Morgan fingerprint density at radius 2 is 2.00 bits per heavy atom. The van der Waals surface area contributed by atoms with Crippen LogP contribution in [0.5, 0.6) is 0 Å². The van der Waals surface area contributed by atoms with Crippen LogP contribution in [0.4, 0.5) is 0 Å². The molecule has 7 heteroatoms. The summed E-state index contributed by atoms with van der Waals surface area (Å²) in [5.74, 6) is 1.53. The Kier molecular flexibility index (Phi) is 6.27. The summed E-state index contributed by atoms with van der Waals surface area (Å²) in [6.07, 6.45) is 7.53. The Morgan fingerprint density at radius 1 is 1.20 bits per heavy atom. The van der Waals surface area contributed by atoms with Gasteiger partial charge in [0, 0.05) is 30.3 Å². The highest BCUT2D eigenvalue weighted by molar-refractivity contribution is 7.19. The number of aromatic nitrogens is 3. The second kappa shape index (κ2) is 8.92. The molecule has 1 fully saturated rings. The first-order chi connectivity index (χ1) is 14.5. The van der Waals surface area contributed by atoms with Gasteiger partial charge in [-0.15, -0.1) is 11.3 Å². The lowest BCUT2D eigenvalue weighted by Gasteiger charge is -2.29. The predicted octanol–water partition coefficient (Wildman–Crippen LogP) is 4.31. The molecule has 0 aliphatic heterocycles. The molecule has 1 amide bonds. The SMILES string of the molecule is CCc1cc2c(cc3c(=O)n(CCCC(=O)NC4CCCCC4C)nc(CC)n32)s1. The molecule has 3 heterocycles.